The first-order chi connectivity index (χ1) is 7.97. The molecule has 0 aliphatic rings. The van der Waals surface area contributed by atoms with E-state index in [4.69, 9.17) is 15.6 Å². The van der Waals surface area contributed by atoms with Gasteiger partial charge >= 0.3 is 5.97 Å². The van der Waals surface area contributed by atoms with Crippen molar-refractivity contribution in [2.45, 2.75) is 18.9 Å². The molecule has 1 rings (SSSR count). The molecule has 0 radical (unpaired) electrons. The molecule has 0 aliphatic carbocycles. The maximum Gasteiger partial charge on any atom is 0.303 e. The van der Waals surface area contributed by atoms with Crippen LogP contribution in [0.25, 0.3) is 0 Å². The molecule has 0 heterocycles. The Balaban J connectivity index is 2.99. The van der Waals surface area contributed by atoms with Crippen LogP contribution in [0.2, 0.25) is 0 Å². The molecule has 1 unspecified atom stereocenters. The van der Waals surface area contributed by atoms with Gasteiger partial charge in [-0.3, -0.25) is 4.79 Å². The second-order valence-electron chi connectivity index (χ2n) is 3.52. The molecule has 6 heteroatoms. The van der Waals surface area contributed by atoms with Crippen LogP contribution in [0.5, 0.6) is 5.75 Å². The highest BCUT2D eigenvalue weighted by Crippen LogP contribution is 2.28. The highest BCUT2D eigenvalue weighted by Gasteiger charge is 2.20. The van der Waals surface area contributed by atoms with Crippen LogP contribution < -0.4 is 10.5 Å². The van der Waals surface area contributed by atoms with Gasteiger partial charge in [-0.1, -0.05) is 0 Å². The average Bonchev–Trinajstić information content (AvgIpc) is 2.26. The summed E-state index contributed by atoms with van der Waals surface area (Å²) in [5.41, 5.74) is 5.23. The lowest BCUT2D eigenvalue weighted by Gasteiger charge is -2.14. The number of carbonyl (C=O) groups is 1. The lowest BCUT2D eigenvalue weighted by Crippen LogP contribution is -2.16. The first kappa shape index (κ1) is 13.4. The summed E-state index contributed by atoms with van der Waals surface area (Å²) in [6, 6.07) is 1.18. The Morgan fingerprint density at radius 1 is 1.53 bits per heavy atom. The molecular weight excluding hydrogens is 232 g/mol. The molecule has 0 saturated heterocycles. The number of carboxylic acids is 1. The summed E-state index contributed by atoms with van der Waals surface area (Å²) in [4.78, 5) is 10.4. The van der Waals surface area contributed by atoms with Gasteiger partial charge in [0.2, 0.25) is 0 Å². The molecular formula is C11H13F2NO3. The minimum atomic E-state index is -1.07. The summed E-state index contributed by atoms with van der Waals surface area (Å²) in [6.45, 7) is 0. The predicted octanol–water partition coefficient (Wildman–Crippen LogP) is 1.84. The standard InChI is InChI=1S/C11H13F2NO3/c1-17-8-4-2-6(12)10(11(8)13)7(14)3-5-9(15)16/h2,4,7H,3,5,14H2,1H3,(H,15,16). The Morgan fingerprint density at radius 3 is 2.71 bits per heavy atom. The van der Waals surface area contributed by atoms with Crippen LogP contribution in [0.4, 0.5) is 8.78 Å². The van der Waals surface area contributed by atoms with Crippen LogP contribution in [0.15, 0.2) is 12.1 Å². The first-order valence-electron chi connectivity index (χ1n) is 4.96. The fourth-order valence-corrected chi connectivity index (χ4v) is 1.47. The summed E-state index contributed by atoms with van der Waals surface area (Å²) < 4.78 is 31.8. The van der Waals surface area contributed by atoms with E-state index in [2.05, 4.69) is 0 Å². The molecule has 1 atom stereocenters. The number of rotatable bonds is 5. The topological polar surface area (TPSA) is 72.5 Å². The number of ether oxygens (including phenoxy) is 1. The SMILES string of the molecule is COc1ccc(F)c(C(N)CCC(=O)O)c1F. The van der Waals surface area contributed by atoms with Crippen LogP contribution >= 0.6 is 0 Å². The molecule has 0 aliphatic heterocycles. The monoisotopic (exact) mass is 245 g/mol. The Kier molecular flexibility index (Phi) is 4.39. The van der Waals surface area contributed by atoms with Gasteiger partial charge in [-0.2, -0.15) is 0 Å². The van der Waals surface area contributed by atoms with Crippen molar-refractivity contribution in [3.05, 3.63) is 29.3 Å². The van der Waals surface area contributed by atoms with Gasteiger partial charge in [-0.25, -0.2) is 8.78 Å². The van der Waals surface area contributed by atoms with E-state index in [0.717, 1.165) is 12.1 Å². The number of hydrogen-bond acceptors (Lipinski definition) is 3. The zero-order valence-electron chi connectivity index (χ0n) is 9.24. The highest BCUT2D eigenvalue weighted by molar-refractivity contribution is 5.66. The second-order valence-corrected chi connectivity index (χ2v) is 3.52. The molecule has 0 aromatic heterocycles. The van der Waals surface area contributed by atoms with Crippen LogP contribution in [-0.4, -0.2) is 18.2 Å². The van der Waals surface area contributed by atoms with Crippen LogP contribution in [-0.2, 0) is 4.79 Å². The molecule has 0 saturated carbocycles. The number of methoxy groups -OCH3 is 1. The van der Waals surface area contributed by atoms with Crippen molar-refractivity contribution >= 4 is 5.97 Å². The van der Waals surface area contributed by atoms with Gasteiger partial charge in [0.25, 0.3) is 0 Å². The molecule has 17 heavy (non-hydrogen) atoms. The zero-order chi connectivity index (χ0) is 13.0. The van der Waals surface area contributed by atoms with Crippen molar-refractivity contribution in [3.8, 4) is 5.75 Å². The largest absolute Gasteiger partial charge is 0.494 e. The van der Waals surface area contributed by atoms with Gasteiger partial charge in [0, 0.05) is 18.0 Å². The molecule has 94 valence electrons. The normalized spacial score (nSPS) is 12.2. The van der Waals surface area contributed by atoms with E-state index in [1.165, 1.54) is 7.11 Å². The van der Waals surface area contributed by atoms with E-state index in [9.17, 15) is 13.6 Å². The third-order valence-corrected chi connectivity index (χ3v) is 2.35. The molecule has 3 N–H and O–H groups in total. The van der Waals surface area contributed by atoms with Crippen molar-refractivity contribution in [2.75, 3.05) is 7.11 Å². The zero-order valence-corrected chi connectivity index (χ0v) is 9.24. The van der Waals surface area contributed by atoms with Gasteiger partial charge in [-0.05, 0) is 18.6 Å². The average molecular weight is 245 g/mol. The van der Waals surface area contributed by atoms with E-state index in [0.29, 0.717) is 0 Å². The summed E-state index contributed by atoms with van der Waals surface area (Å²) in [5, 5.41) is 8.48. The highest BCUT2D eigenvalue weighted by atomic mass is 19.1. The Hall–Kier alpha value is -1.69. The van der Waals surface area contributed by atoms with Gasteiger partial charge in [0.1, 0.15) is 5.82 Å². The third-order valence-electron chi connectivity index (χ3n) is 2.35. The van der Waals surface area contributed by atoms with E-state index < -0.39 is 23.6 Å². The van der Waals surface area contributed by atoms with Crippen molar-refractivity contribution < 1.29 is 23.4 Å². The minimum absolute atomic E-state index is 0.0453. The summed E-state index contributed by atoms with van der Waals surface area (Å²) in [6.07, 6.45) is -0.298. The minimum Gasteiger partial charge on any atom is -0.494 e. The van der Waals surface area contributed by atoms with Gasteiger partial charge in [-0.15, -0.1) is 0 Å². The van der Waals surface area contributed by atoms with Crippen molar-refractivity contribution in [1.29, 1.82) is 0 Å². The van der Waals surface area contributed by atoms with Crippen molar-refractivity contribution in [3.63, 3.8) is 0 Å². The lowest BCUT2D eigenvalue weighted by molar-refractivity contribution is -0.137. The molecule has 0 amide bonds. The maximum absolute atomic E-state index is 13.7. The Morgan fingerprint density at radius 2 is 2.18 bits per heavy atom. The molecule has 4 nitrogen and oxygen atoms in total. The van der Waals surface area contributed by atoms with Gasteiger partial charge in [0.15, 0.2) is 11.6 Å². The number of carboxylic acid groups (broad SMARTS) is 1. The molecule has 1 aromatic carbocycles. The van der Waals surface area contributed by atoms with E-state index in [-0.39, 0.29) is 24.2 Å². The Bertz CT molecular complexity index is 423. The van der Waals surface area contributed by atoms with Crippen molar-refractivity contribution in [2.24, 2.45) is 5.73 Å². The van der Waals surface area contributed by atoms with Gasteiger partial charge in [0.05, 0.1) is 7.11 Å². The number of nitrogens with two attached hydrogens (primary N) is 1. The summed E-state index contributed by atoms with van der Waals surface area (Å²) in [5.74, 6) is -2.87. The summed E-state index contributed by atoms with van der Waals surface area (Å²) >= 11 is 0. The second kappa shape index (κ2) is 5.58. The molecule has 0 fully saturated rings. The fourth-order valence-electron chi connectivity index (χ4n) is 1.47. The van der Waals surface area contributed by atoms with E-state index in [1.807, 2.05) is 0 Å². The smallest absolute Gasteiger partial charge is 0.303 e. The molecule has 0 spiro atoms. The maximum atomic E-state index is 13.7. The van der Waals surface area contributed by atoms with Gasteiger partial charge < -0.3 is 15.6 Å². The van der Waals surface area contributed by atoms with Crippen LogP contribution in [0, 0.1) is 11.6 Å². The van der Waals surface area contributed by atoms with Crippen molar-refractivity contribution in [1.82, 2.24) is 0 Å². The molecule has 0 bridgehead atoms. The number of halogens is 2. The van der Waals surface area contributed by atoms with Crippen LogP contribution in [0.3, 0.4) is 0 Å². The number of hydrogen-bond donors (Lipinski definition) is 2. The van der Waals surface area contributed by atoms with E-state index in [1.54, 1.807) is 0 Å². The third kappa shape index (κ3) is 3.13. The Labute approximate surface area is 97.0 Å². The number of aliphatic carboxylic acids is 1. The fraction of sp³-hybridized carbons (Fsp3) is 0.364. The number of benzene rings is 1. The molecule has 1 aromatic rings. The van der Waals surface area contributed by atoms with E-state index >= 15 is 0 Å². The lowest BCUT2D eigenvalue weighted by atomic mass is 10.0. The van der Waals surface area contributed by atoms with Crippen LogP contribution in [0.1, 0.15) is 24.4 Å². The quantitative estimate of drug-likeness (QED) is 0.830. The predicted molar refractivity (Wildman–Crippen MR) is 56.7 cm³/mol. The summed E-state index contributed by atoms with van der Waals surface area (Å²) in [7, 11) is 1.25. The first-order valence-corrected chi connectivity index (χ1v) is 4.96.